The van der Waals surface area contributed by atoms with E-state index in [1.807, 2.05) is 0 Å². The maximum Gasteiger partial charge on any atom is 0.217 e. The molecule has 6 rings (SSSR count). The Morgan fingerprint density at radius 1 is 0.355 bits per heavy atom. The molecule has 0 aromatic rings. The van der Waals surface area contributed by atoms with Gasteiger partial charge in [-0.25, -0.2) is 0 Å². The van der Waals surface area contributed by atoms with Crippen molar-refractivity contribution in [3.05, 3.63) is 0 Å². The fourth-order valence-corrected chi connectivity index (χ4v) is 9.86. The predicted molar refractivity (Wildman–Crippen MR) is 237 cm³/mol. The van der Waals surface area contributed by atoms with Crippen LogP contribution in [0, 0.1) is 0 Å². The minimum absolute atomic E-state index is 0.563. The zero-order chi connectivity index (χ0) is 56.2. The molecule has 33 nitrogen and oxygen atoms in total. The molecular weight excluding hydrogens is 1040 g/mol. The van der Waals surface area contributed by atoms with Crippen LogP contribution < -0.4 is 16.0 Å². The Kier molecular flexibility index (Phi) is 22.4. The number of aliphatic hydroxyl groups excluding tert-OH is 16. The second-order valence-corrected chi connectivity index (χ2v) is 19.3. The topological polar surface area (TPSA) is 513 Å². The molecule has 6 heterocycles. The van der Waals surface area contributed by atoms with Crippen LogP contribution in [0.2, 0.25) is 0 Å². The maximum absolute atomic E-state index is 12.7. The van der Waals surface area contributed by atoms with Crippen molar-refractivity contribution in [1.29, 1.82) is 0 Å². The van der Waals surface area contributed by atoms with Crippen molar-refractivity contribution in [3.63, 3.8) is 0 Å². The number of nitrogens with one attached hydrogen (secondary N) is 3. The van der Waals surface area contributed by atoms with Gasteiger partial charge in [-0.1, -0.05) is 0 Å². The molecule has 6 saturated heterocycles. The van der Waals surface area contributed by atoms with Gasteiger partial charge in [0.05, 0.1) is 51.8 Å². The molecule has 6 aliphatic heterocycles. The van der Waals surface area contributed by atoms with Crippen molar-refractivity contribution >= 4 is 17.7 Å². The summed E-state index contributed by atoms with van der Waals surface area (Å²) < 4.78 is 64.4. The van der Waals surface area contributed by atoms with Crippen molar-refractivity contribution in [2.75, 3.05) is 39.6 Å². The Morgan fingerprint density at radius 3 is 1.26 bits per heavy atom. The van der Waals surface area contributed by atoms with Crippen LogP contribution in [-0.4, -0.2) is 323 Å². The van der Waals surface area contributed by atoms with E-state index in [0.29, 0.717) is 0 Å². The molecule has 0 radical (unpaired) electrons. The summed E-state index contributed by atoms with van der Waals surface area (Å²) in [4.78, 5) is 36.9. The molecule has 0 saturated carbocycles. The van der Waals surface area contributed by atoms with Gasteiger partial charge in [0.15, 0.2) is 31.5 Å². The summed E-state index contributed by atoms with van der Waals surface area (Å²) in [6.07, 6.45) is -49.9. The van der Waals surface area contributed by atoms with Crippen molar-refractivity contribution < 1.29 is 148 Å². The minimum atomic E-state index is -2.32. The van der Waals surface area contributed by atoms with Crippen LogP contribution in [0.15, 0.2) is 0 Å². The number of ether oxygens (including phenoxy) is 11. The van der Waals surface area contributed by atoms with E-state index in [-0.39, 0.29) is 0 Å². The number of hydrogen-bond acceptors (Lipinski definition) is 30. The number of hydrogen-bond donors (Lipinski definition) is 19. The molecule has 0 aromatic carbocycles. The van der Waals surface area contributed by atoms with Crippen molar-refractivity contribution in [1.82, 2.24) is 16.0 Å². The average Bonchev–Trinajstić information content (AvgIpc) is 3.37. The van der Waals surface area contributed by atoms with Crippen LogP contribution in [0.3, 0.4) is 0 Å². The van der Waals surface area contributed by atoms with Crippen LogP contribution in [0.5, 0.6) is 0 Å². The molecule has 13 unspecified atom stereocenters. The van der Waals surface area contributed by atoms with Gasteiger partial charge in [0.2, 0.25) is 17.7 Å². The molecule has 0 aromatic heterocycles. The smallest absolute Gasteiger partial charge is 0.217 e. The number of carbonyl (C=O) groups is 3. The molecule has 19 N–H and O–H groups in total. The Labute approximate surface area is 432 Å². The van der Waals surface area contributed by atoms with Crippen molar-refractivity contribution in [3.8, 4) is 0 Å². The molecule has 440 valence electrons. The number of rotatable bonds is 19. The van der Waals surface area contributed by atoms with E-state index in [4.69, 9.17) is 52.1 Å². The van der Waals surface area contributed by atoms with Gasteiger partial charge in [0.25, 0.3) is 0 Å². The fraction of sp³-hybridized carbons (Fsp3) is 0.930. The third-order valence-electron chi connectivity index (χ3n) is 13.9. The summed E-state index contributed by atoms with van der Waals surface area (Å²) in [5.41, 5.74) is 0. The highest BCUT2D eigenvalue weighted by atomic mass is 16.8. The van der Waals surface area contributed by atoms with Crippen LogP contribution in [0.4, 0.5) is 0 Å². The number of aliphatic hydroxyl groups is 16. The van der Waals surface area contributed by atoms with E-state index < -0.39 is 241 Å². The maximum atomic E-state index is 12.7. The quantitative estimate of drug-likeness (QED) is 0.0571. The van der Waals surface area contributed by atoms with E-state index in [9.17, 15) is 96.1 Å². The van der Waals surface area contributed by atoms with E-state index in [2.05, 4.69) is 16.0 Å². The zero-order valence-corrected chi connectivity index (χ0v) is 41.4. The number of amides is 3. The normalized spacial score (nSPS) is 48.2. The Bertz CT molecular complexity index is 1870. The van der Waals surface area contributed by atoms with Gasteiger partial charge in [0.1, 0.15) is 140 Å². The second-order valence-electron chi connectivity index (χ2n) is 19.3. The summed E-state index contributed by atoms with van der Waals surface area (Å²) in [7, 11) is 0. The van der Waals surface area contributed by atoms with Gasteiger partial charge < -0.3 is 150 Å². The molecule has 6 fully saturated rings. The van der Waals surface area contributed by atoms with Crippen LogP contribution in [0.1, 0.15) is 27.7 Å². The summed E-state index contributed by atoms with van der Waals surface area (Å²) in [5, 5.41) is 181. The van der Waals surface area contributed by atoms with Crippen LogP contribution in [0.25, 0.3) is 0 Å². The predicted octanol–water partition coefficient (Wildman–Crippen LogP) is -12.6. The molecular formula is C43H73N3O30. The molecule has 76 heavy (non-hydrogen) atoms. The highest BCUT2D eigenvalue weighted by Crippen LogP contribution is 2.37. The SMILES string of the molecule is CC(=O)N[C@H]1C(O)[C@H](O)C(CO)O[C@H]1OC1C(O)[C@H](O)[C@@H](CO)O[C@@H]1OC1C(O)[C@H](O[C@@H]2C(CO)O[C@@H](O[C@@H]3C(CO)O[C@@H](C)[C@@H](NC(C)=O)C3O)[C@@H](NC(C)=O)C2O)OC(CO[C@H]2OC(CO)[C@@H](O)C(O)[C@H]2O)[C@H]1O. The van der Waals surface area contributed by atoms with Gasteiger partial charge >= 0.3 is 0 Å². The Hall–Kier alpha value is -2.67. The molecule has 6 aliphatic rings. The summed E-state index contributed by atoms with van der Waals surface area (Å²) in [6, 6.07) is -4.47. The van der Waals surface area contributed by atoms with Gasteiger partial charge in [0, 0.05) is 20.8 Å². The largest absolute Gasteiger partial charge is 0.394 e. The first-order valence-corrected chi connectivity index (χ1v) is 24.4. The van der Waals surface area contributed by atoms with E-state index in [1.54, 1.807) is 0 Å². The van der Waals surface area contributed by atoms with Gasteiger partial charge in [-0.15, -0.1) is 0 Å². The first kappa shape index (κ1) is 62.5. The molecule has 0 bridgehead atoms. The average molecular weight is 1110 g/mol. The molecule has 0 spiro atoms. The summed E-state index contributed by atoms with van der Waals surface area (Å²) in [6.45, 7) is -0.761. The highest BCUT2D eigenvalue weighted by molar-refractivity contribution is 5.74. The zero-order valence-electron chi connectivity index (χ0n) is 41.4. The standard InChI is InChI=1S/C43H73N3O30/c1-11-21(44-12(2)52)29(60)35(18(8-50)67-11)73-40-23(46-14(4)54)30(61)36(19(9-51)71-40)74-42-34(65)37(27(58)20(72-42)10-66-41-33(64)31(62)25(56)16(6-48)69-41)75-43-38(32(63)26(57)17(7-49)70-43)76-39-22(45-13(3)53)28(59)24(55)15(5-47)68-39/h11,15-43,47-51,55-65H,5-10H2,1-4H3,(H,44,52)(H,45,53)(H,46,54)/t11-,15?,16?,17+,18?,19?,20?,21+,22-,23-,24+,25+,26+,27+,28?,29?,30?,31?,32?,33+,34?,35+,36+,37?,38?,39-,40-,41-,42-,43+/m0/s1. The molecule has 30 atom stereocenters. The van der Waals surface area contributed by atoms with E-state index >= 15 is 0 Å². The molecule has 3 amide bonds. The lowest BCUT2D eigenvalue weighted by Crippen LogP contribution is -2.70. The Balaban J connectivity index is 1.33. The van der Waals surface area contributed by atoms with Crippen LogP contribution in [-0.2, 0) is 66.5 Å². The lowest BCUT2D eigenvalue weighted by molar-refractivity contribution is -0.394. The monoisotopic (exact) mass is 1110 g/mol. The minimum Gasteiger partial charge on any atom is -0.394 e. The fourth-order valence-electron chi connectivity index (χ4n) is 9.86. The third kappa shape index (κ3) is 13.7. The molecule has 33 heteroatoms. The van der Waals surface area contributed by atoms with Gasteiger partial charge in [-0.05, 0) is 6.92 Å². The Morgan fingerprint density at radius 2 is 0.737 bits per heavy atom. The first-order chi connectivity index (χ1) is 35.9. The van der Waals surface area contributed by atoms with Gasteiger partial charge in [-0.2, -0.15) is 0 Å². The second kappa shape index (κ2) is 27.2. The summed E-state index contributed by atoms with van der Waals surface area (Å²) >= 11 is 0. The highest BCUT2D eigenvalue weighted by Gasteiger charge is 2.58. The van der Waals surface area contributed by atoms with Crippen molar-refractivity contribution in [2.45, 2.75) is 212 Å². The lowest BCUT2D eigenvalue weighted by atomic mass is 9.92. The van der Waals surface area contributed by atoms with Crippen molar-refractivity contribution in [2.24, 2.45) is 0 Å². The number of carbonyl (C=O) groups excluding carboxylic acids is 3. The van der Waals surface area contributed by atoms with E-state index in [0.717, 1.165) is 13.8 Å². The molecule has 0 aliphatic carbocycles. The summed E-state index contributed by atoms with van der Waals surface area (Å²) in [5.74, 6) is -2.16. The van der Waals surface area contributed by atoms with Gasteiger partial charge in [-0.3, -0.25) is 14.4 Å². The third-order valence-corrected chi connectivity index (χ3v) is 13.9. The van der Waals surface area contributed by atoms with E-state index in [1.165, 1.54) is 13.8 Å². The van der Waals surface area contributed by atoms with Crippen LogP contribution >= 0.6 is 0 Å². The lowest BCUT2D eigenvalue weighted by Gasteiger charge is -2.51. The first-order valence-electron chi connectivity index (χ1n) is 24.4.